The lowest BCUT2D eigenvalue weighted by molar-refractivity contribution is -0.115. The quantitative estimate of drug-likeness (QED) is 0.553. The highest BCUT2D eigenvalue weighted by atomic mass is 35.5. The smallest absolute Gasteiger partial charge is 0.251 e. The second kappa shape index (κ2) is 8.37. The number of nitrogens with one attached hydrogen (secondary N) is 2. The van der Waals surface area contributed by atoms with E-state index in [-0.39, 0.29) is 23.5 Å². The average molecular weight is 416 g/mol. The average Bonchev–Trinajstić information content (AvgIpc) is 3.02. The van der Waals surface area contributed by atoms with Crippen LogP contribution in [0.4, 0.5) is 10.8 Å². The minimum absolute atomic E-state index is 0.157. The number of anilines is 2. The molecule has 0 atom stereocenters. The number of thiazole rings is 1. The number of halogens is 1. The molecule has 144 valence electrons. The molecule has 0 saturated carbocycles. The first-order valence-corrected chi connectivity index (χ1v) is 9.56. The van der Waals surface area contributed by atoms with E-state index in [1.54, 1.807) is 30.5 Å². The van der Waals surface area contributed by atoms with Gasteiger partial charge < -0.3 is 16.4 Å². The third-order valence-electron chi connectivity index (χ3n) is 3.86. The van der Waals surface area contributed by atoms with Gasteiger partial charge in [-0.1, -0.05) is 40.6 Å². The van der Waals surface area contributed by atoms with Gasteiger partial charge in [0.05, 0.1) is 22.8 Å². The Morgan fingerprint density at radius 2 is 2.04 bits per heavy atom. The zero-order valence-electron chi connectivity index (χ0n) is 15.2. The molecule has 7 nitrogen and oxygen atoms in total. The van der Waals surface area contributed by atoms with Gasteiger partial charge in [-0.25, -0.2) is 9.97 Å². The molecule has 0 aliphatic rings. The summed E-state index contributed by atoms with van der Waals surface area (Å²) in [6.07, 6.45) is 1.60. The van der Waals surface area contributed by atoms with Gasteiger partial charge in [-0.15, -0.1) is 0 Å². The summed E-state index contributed by atoms with van der Waals surface area (Å²) >= 11 is 7.15. The second-order valence-corrected chi connectivity index (χ2v) is 7.49. The van der Waals surface area contributed by atoms with Gasteiger partial charge in [-0.05, 0) is 32.0 Å². The lowest BCUT2D eigenvalue weighted by Crippen LogP contribution is -2.32. The van der Waals surface area contributed by atoms with E-state index in [9.17, 15) is 9.59 Å². The Hall–Kier alpha value is -2.97. The molecule has 0 radical (unpaired) electrons. The van der Waals surface area contributed by atoms with E-state index in [0.29, 0.717) is 16.4 Å². The minimum Gasteiger partial charge on any atom is -0.396 e. The molecular weight excluding hydrogens is 398 g/mol. The maximum atomic E-state index is 12.2. The summed E-state index contributed by atoms with van der Waals surface area (Å²) in [5.41, 5.74) is 9.15. The number of benzene rings is 1. The van der Waals surface area contributed by atoms with Gasteiger partial charge in [0.15, 0.2) is 10.3 Å². The van der Waals surface area contributed by atoms with Crippen LogP contribution in [0.25, 0.3) is 10.4 Å². The summed E-state index contributed by atoms with van der Waals surface area (Å²) in [5.74, 6) is -0.673. The summed E-state index contributed by atoms with van der Waals surface area (Å²) in [5, 5.41) is 5.96. The Balaban J connectivity index is 1.63. The molecule has 3 rings (SSSR count). The Bertz CT molecular complexity index is 1050. The monoisotopic (exact) mass is 415 g/mol. The fourth-order valence-corrected chi connectivity index (χ4v) is 3.59. The van der Waals surface area contributed by atoms with Crippen LogP contribution in [-0.2, 0) is 4.79 Å². The fourth-order valence-electron chi connectivity index (χ4n) is 2.52. The van der Waals surface area contributed by atoms with Crippen LogP contribution >= 0.6 is 22.9 Å². The van der Waals surface area contributed by atoms with Crippen molar-refractivity contribution in [3.05, 3.63) is 58.5 Å². The van der Waals surface area contributed by atoms with Gasteiger partial charge in [0.2, 0.25) is 5.91 Å². The van der Waals surface area contributed by atoms with Crippen LogP contribution in [0.1, 0.15) is 21.6 Å². The van der Waals surface area contributed by atoms with Crippen molar-refractivity contribution in [3.63, 3.8) is 0 Å². The predicted octanol–water partition coefficient (Wildman–Crippen LogP) is 3.43. The van der Waals surface area contributed by atoms with Crippen molar-refractivity contribution in [2.45, 2.75) is 13.8 Å². The van der Waals surface area contributed by atoms with Crippen molar-refractivity contribution in [2.75, 3.05) is 17.6 Å². The molecule has 0 fully saturated rings. The van der Waals surface area contributed by atoms with Gasteiger partial charge in [0, 0.05) is 17.3 Å². The SMILES string of the molecule is Cc1cccc(C(=O)NCC(=O)Nc2nc(C)c(-c3cnc(Cl)c(N)c3)s2)c1. The highest BCUT2D eigenvalue weighted by Crippen LogP contribution is 2.34. The van der Waals surface area contributed by atoms with E-state index >= 15 is 0 Å². The van der Waals surface area contributed by atoms with Gasteiger partial charge in [0.25, 0.3) is 5.91 Å². The number of carbonyl (C=O) groups excluding carboxylic acids is 2. The van der Waals surface area contributed by atoms with Crippen LogP contribution < -0.4 is 16.4 Å². The van der Waals surface area contributed by atoms with Crippen LogP contribution in [0.3, 0.4) is 0 Å². The third kappa shape index (κ3) is 4.65. The number of rotatable bonds is 5. The van der Waals surface area contributed by atoms with Gasteiger partial charge in [-0.2, -0.15) is 0 Å². The number of pyridine rings is 1. The molecule has 1 aromatic carbocycles. The Kier molecular flexibility index (Phi) is 5.91. The van der Waals surface area contributed by atoms with E-state index < -0.39 is 0 Å². The highest BCUT2D eigenvalue weighted by molar-refractivity contribution is 7.19. The van der Waals surface area contributed by atoms with Crippen molar-refractivity contribution >= 4 is 45.6 Å². The number of aromatic nitrogens is 2. The molecule has 0 aliphatic carbocycles. The van der Waals surface area contributed by atoms with Crippen molar-refractivity contribution in [3.8, 4) is 10.4 Å². The van der Waals surface area contributed by atoms with E-state index in [1.807, 2.05) is 19.9 Å². The van der Waals surface area contributed by atoms with Crippen LogP contribution in [0.5, 0.6) is 0 Å². The normalized spacial score (nSPS) is 10.5. The molecule has 9 heteroatoms. The molecule has 0 spiro atoms. The summed E-state index contributed by atoms with van der Waals surface area (Å²) in [6.45, 7) is 3.57. The number of hydrogen-bond donors (Lipinski definition) is 3. The number of carbonyl (C=O) groups is 2. The largest absolute Gasteiger partial charge is 0.396 e. The van der Waals surface area contributed by atoms with Gasteiger partial charge in [-0.3, -0.25) is 9.59 Å². The van der Waals surface area contributed by atoms with Crippen molar-refractivity contribution in [1.29, 1.82) is 0 Å². The zero-order valence-corrected chi connectivity index (χ0v) is 16.8. The lowest BCUT2D eigenvalue weighted by Gasteiger charge is -2.05. The van der Waals surface area contributed by atoms with Crippen LogP contribution in [0, 0.1) is 13.8 Å². The van der Waals surface area contributed by atoms with E-state index in [2.05, 4.69) is 20.6 Å². The number of aryl methyl sites for hydroxylation is 2. The highest BCUT2D eigenvalue weighted by Gasteiger charge is 2.14. The number of hydrogen-bond acceptors (Lipinski definition) is 6. The molecule has 28 heavy (non-hydrogen) atoms. The minimum atomic E-state index is -0.366. The molecule has 3 aromatic rings. The maximum absolute atomic E-state index is 12.2. The molecule has 0 unspecified atom stereocenters. The Morgan fingerprint density at radius 3 is 2.75 bits per heavy atom. The number of nitrogen functional groups attached to an aromatic ring is 1. The second-order valence-electron chi connectivity index (χ2n) is 6.14. The van der Waals surface area contributed by atoms with Crippen LogP contribution in [0.15, 0.2) is 36.5 Å². The lowest BCUT2D eigenvalue weighted by atomic mass is 10.1. The third-order valence-corrected chi connectivity index (χ3v) is 5.30. The first-order chi connectivity index (χ1) is 13.3. The van der Waals surface area contributed by atoms with Crippen molar-refractivity contribution < 1.29 is 9.59 Å². The van der Waals surface area contributed by atoms with E-state index in [0.717, 1.165) is 21.7 Å². The van der Waals surface area contributed by atoms with Crippen LogP contribution in [0.2, 0.25) is 5.15 Å². The van der Waals surface area contributed by atoms with E-state index in [4.69, 9.17) is 17.3 Å². The van der Waals surface area contributed by atoms with Gasteiger partial charge in [0.1, 0.15) is 0 Å². The topological polar surface area (TPSA) is 110 Å². The van der Waals surface area contributed by atoms with Gasteiger partial charge >= 0.3 is 0 Å². The maximum Gasteiger partial charge on any atom is 0.251 e. The summed E-state index contributed by atoms with van der Waals surface area (Å²) in [4.78, 5) is 33.5. The van der Waals surface area contributed by atoms with Crippen LogP contribution in [-0.4, -0.2) is 28.3 Å². The number of nitrogens with zero attached hydrogens (tertiary/aromatic N) is 2. The first-order valence-electron chi connectivity index (χ1n) is 8.37. The standard InChI is InChI=1S/C19H18ClN5O2S/c1-10-4-3-5-12(6-10)18(27)23-9-15(26)25-19-24-11(2)16(28-19)13-7-14(21)17(20)22-8-13/h3-8H,9,21H2,1-2H3,(H,23,27)(H,24,25,26). The molecule has 2 amide bonds. The molecule has 2 heterocycles. The summed E-state index contributed by atoms with van der Waals surface area (Å²) < 4.78 is 0. The van der Waals surface area contributed by atoms with Crippen molar-refractivity contribution in [1.82, 2.24) is 15.3 Å². The van der Waals surface area contributed by atoms with Crippen molar-refractivity contribution in [2.24, 2.45) is 0 Å². The number of amides is 2. The Morgan fingerprint density at radius 1 is 1.25 bits per heavy atom. The zero-order chi connectivity index (χ0) is 20.3. The molecular formula is C19H18ClN5O2S. The Labute approximate surface area is 171 Å². The molecule has 4 N–H and O–H groups in total. The summed E-state index contributed by atoms with van der Waals surface area (Å²) in [6, 6.07) is 8.86. The fraction of sp³-hybridized carbons (Fsp3) is 0.158. The number of nitrogens with two attached hydrogens (primary N) is 1. The molecule has 0 aliphatic heterocycles. The summed E-state index contributed by atoms with van der Waals surface area (Å²) in [7, 11) is 0. The molecule has 0 bridgehead atoms. The van der Waals surface area contributed by atoms with E-state index in [1.165, 1.54) is 11.3 Å². The molecule has 0 saturated heterocycles. The first kappa shape index (κ1) is 19.8. The predicted molar refractivity (Wildman–Crippen MR) is 112 cm³/mol. The molecule has 2 aromatic heterocycles.